The maximum Gasteiger partial charge on any atom is 0.327 e. The lowest BCUT2D eigenvalue weighted by molar-refractivity contribution is -0.135. The summed E-state index contributed by atoms with van der Waals surface area (Å²) in [6.45, 7) is 9.81. The lowest BCUT2D eigenvalue weighted by atomic mass is 9.85. The number of aryl methyl sites for hydroxylation is 2. The van der Waals surface area contributed by atoms with Crippen LogP contribution in [0, 0.1) is 12.8 Å². The Kier molecular flexibility index (Phi) is 7.12. The number of pyridine rings is 1. The van der Waals surface area contributed by atoms with E-state index in [1.54, 1.807) is 18.7 Å². The summed E-state index contributed by atoms with van der Waals surface area (Å²) in [4.78, 5) is 44.5. The Hall–Kier alpha value is -2.74. The van der Waals surface area contributed by atoms with Crippen molar-refractivity contribution in [3.63, 3.8) is 0 Å². The quantitative estimate of drug-likeness (QED) is 0.590. The molecule has 178 valence electrons. The Labute approximate surface area is 196 Å². The third-order valence-corrected chi connectivity index (χ3v) is 7.14. The van der Waals surface area contributed by atoms with Gasteiger partial charge in [-0.2, -0.15) is 0 Å². The van der Waals surface area contributed by atoms with Gasteiger partial charge in [-0.1, -0.05) is 13.8 Å². The molecule has 0 aliphatic carbocycles. The van der Waals surface area contributed by atoms with Gasteiger partial charge in [0.25, 0.3) is 5.91 Å². The van der Waals surface area contributed by atoms with Crippen molar-refractivity contribution in [2.45, 2.75) is 65.0 Å². The van der Waals surface area contributed by atoms with Crippen LogP contribution in [0.2, 0.25) is 0 Å². The number of imidazole rings is 1. The van der Waals surface area contributed by atoms with Crippen molar-refractivity contribution in [1.29, 1.82) is 0 Å². The number of amides is 3. The van der Waals surface area contributed by atoms with Crippen molar-refractivity contribution in [2.24, 2.45) is 5.92 Å². The molecule has 8 heteroatoms. The smallest absolute Gasteiger partial charge is 0.327 e. The number of aromatic amines is 1. The van der Waals surface area contributed by atoms with E-state index >= 15 is 0 Å². The Morgan fingerprint density at radius 2 is 1.85 bits per heavy atom. The van der Waals surface area contributed by atoms with Crippen LogP contribution in [0.3, 0.4) is 0 Å². The molecule has 2 aliphatic heterocycles. The van der Waals surface area contributed by atoms with Gasteiger partial charge in [-0.05, 0) is 62.6 Å². The highest BCUT2D eigenvalue weighted by Crippen LogP contribution is 2.38. The summed E-state index contributed by atoms with van der Waals surface area (Å²) in [6.07, 6.45) is 9.15. The highest BCUT2D eigenvalue weighted by molar-refractivity contribution is 6.07. The van der Waals surface area contributed by atoms with Crippen LogP contribution < -0.4 is 0 Å². The molecule has 1 N–H and O–H groups in total. The van der Waals surface area contributed by atoms with E-state index in [9.17, 15) is 9.59 Å². The van der Waals surface area contributed by atoms with Gasteiger partial charge in [0.15, 0.2) is 0 Å². The number of rotatable bonds is 9. The molecule has 0 bridgehead atoms. The molecule has 0 aromatic carbocycles. The number of urea groups is 1. The van der Waals surface area contributed by atoms with Crippen LogP contribution in [0.15, 0.2) is 30.9 Å². The third-order valence-electron chi connectivity index (χ3n) is 7.14. The van der Waals surface area contributed by atoms with Crippen molar-refractivity contribution in [2.75, 3.05) is 26.2 Å². The van der Waals surface area contributed by atoms with Crippen molar-refractivity contribution >= 4 is 11.9 Å². The molecule has 8 nitrogen and oxygen atoms in total. The third kappa shape index (κ3) is 4.95. The summed E-state index contributed by atoms with van der Waals surface area (Å²) in [6, 6.07) is 3.87. The molecule has 2 aromatic rings. The average molecular weight is 453 g/mol. The Balaban J connectivity index is 1.44. The summed E-state index contributed by atoms with van der Waals surface area (Å²) in [5.41, 5.74) is 2.62. The molecule has 0 radical (unpaired) electrons. The normalized spacial score (nSPS) is 18.8. The van der Waals surface area contributed by atoms with Gasteiger partial charge in [0.1, 0.15) is 5.54 Å². The number of imide groups is 1. The van der Waals surface area contributed by atoms with Crippen molar-refractivity contribution in [3.05, 3.63) is 47.8 Å². The second kappa shape index (κ2) is 10.0. The summed E-state index contributed by atoms with van der Waals surface area (Å²) in [7, 11) is 0. The summed E-state index contributed by atoms with van der Waals surface area (Å²) < 4.78 is 0. The standard InChI is InChI=1S/C25H36N6O2/c1-19(2)8-14-31-24(33)30(13-4-5-21-6-11-26-12-7-21)23(32)25(31)9-15-29(16-10-25)17-22-20(3)27-18-28-22/h6-7,11-12,18-19H,4-5,8-10,13-17H2,1-3H3,(H,27,28). The van der Waals surface area contributed by atoms with E-state index in [1.165, 1.54) is 10.5 Å². The molecule has 33 heavy (non-hydrogen) atoms. The van der Waals surface area contributed by atoms with Gasteiger partial charge in [0.05, 0.1) is 12.0 Å². The van der Waals surface area contributed by atoms with E-state index in [2.05, 4.69) is 33.7 Å². The zero-order valence-corrected chi connectivity index (χ0v) is 20.1. The van der Waals surface area contributed by atoms with Gasteiger partial charge < -0.3 is 9.88 Å². The summed E-state index contributed by atoms with van der Waals surface area (Å²) in [5, 5.41) is 0. The van der Waals surface area contributed by atoms with E-state index in [0.29, 0.717) is 31.8 Å². The number of H-pyrrole nitrogens is 1. The fraction of sp³-hybridized carbons (Fsp3) is 0.600. The van der Waals surface area contributed by atoms with Gasteiger partial charge in [0, 0.05) is 50.8 Å². The Morgan fingerprint density at radius 1 is 1.12 bits per heavy atom. The first kappa shape index (κ1) is 23.4. The minimum atomic E-state index is -0.695. The number of likely N-dealkylation sites (tertiary alicyclic amines) is 1. The van der Waals surface area contributed by atoms with Gasteiger partial charge >= 0.3 is 6.03 Å². The molecule has 0 unspecified atom stereocenters. The Morgan fingerprint density at radius 3 is 2.48 bits per heavy atom. The molecule has 2 aromatic heterocycles. The number of hydrogen-bond donors (Lipinski definition) is 1. The SMILES string of the molecule is Cc1[nH]cnc1CN1CCC2(CC1)C(=O)N(CCCc1ccncc1)C(=O)N2CCC(C)C. The molecule has 4 heterocycles. The fourth-order valence-electron chi connectivity index (χ4n) is 4.99. The first-order valence-electron chi connectivity index (χ1n) is 12.1. The van der Waals surface area contributed by atoms with E-state index in [-0.39, 0.29) is 11.9 Å². The van der Waals surface area contributed by atoms with Crippen LogP contribution >= 0.6 is 0 Å². The van der Waals surface area contributed by atoms with Crippen molar-refractivity contribution < 1.29 is 9.59 Å². The maximum absolute atomic E-state index is 13.7. The van der Waals surface area contributed by atoms with Crippen LogP contribution in [0.5, 0.6) is 0 Å². The highest BCUT2D eigenvalue weighted by atomic mass is 16.2. The van der Waals surface area contributed by atoms with E-state index in [1.807, 2.05) is 24.0 Å². The molecular weight excluding hydrogens is 416 g/mol. The summed E-state index contributed by atoms with van der Waals surface area (Å²) in [5.74, 6) is 0.481. The molecular formula is C25H36N6O2. The lowest BCUT2D eigenvalue weighted by Gasteiger charge is -2.42. The molecule has 0 atom stereocenters. The molecule has 3 amide bonds. The zero-order valence-electron chi connectivity index (χ0n) is 20.1. The number of aromatic nitrogens is 3. The zero-order chi connectivity index (χ0) is 23.4. The fourth-order valence-corrected chi connectivity index (χ4v) is 4.99. The topological polar surface area (TPSA) is 85.4 Å². The minimum absolute atomic E-state index is 0.00147. The van der Waals surface area contributed by atoms with Gasteiger partial charge in [-0.3, -0.25) is 19.6 Å². The average Bonchev–Trinajstić information content (AvgIpc) is 3.29. The van der Waals surface area contributed by atoms with Crippen LogP contribution in [-0.2, 0) is 17.8 Å². The number of carbonyl (C=O) groups excluding carboxylic acids is 2. The van der Waals surface area contributed by atoms with Crippen LogP contribution in [0.4, 0.5) is 4.79 Å². The van der Waals surface area contributed by atoms with Crippen molar-refractivity contribution in [1.82, 2.24) is 29.7 Å². The molecule has 2 fully saturated rings. The second-order valence-electron chi connectivity index (χ2n) is 9.81. The number of hydrogen-bond acceptors (Lipinski definition) is 5. The van der Waals surface area contributed by atoms with E-state index < -0.39 is 5.54 Å². The molecule has 1 spiro atoms. The first-order valence-corrected chi connectivity index (χ1v) is 12.1. The molecule has 4 rings (SSSR count). The van der Waals surface area contributed by atoms with E-state index in [4.69, 9.17) is 0 Å². The lowest BCUT2D eigenvalue weighted by Crippen LogP contribution is -2.56. The molecule has 2 saturated heterocycles. The number of carbonyl (C=O) groups is 2. The molecule has 2 aliphatic rings. The highest BCUT2D eigenvalue weighted by Gasteiger charge is 2.57. The predicted molar refractivity (Wildman–Crippen MR) is 126 cm³/mol. The first-order chi connectivity index (χ1) is 15.9. The minimum Gasteiger partial charge on any atom is -0.348 e. The predicted octanol–water partition coefficient (Wildman–Crippen LogP) is 3.39. The summed E-state index contributed by atoms with van der Waals surface area (Å²) >= 11 is 0. The Bertz CT molecular complexity index is 949. The molecule has 0 saturated carbocycles. The monoisotopic (exact) mass is 452 g/mol. The maximum atomic E-state index is 13.7. The second-order valence-corrected chi connectivity index (χ2v) is 9.81. The number of piperidine rings is 1. The van der Waals surface area contributed by atoms with Crippen LogP contribution in [0.1, 0.15) is 56.5 Å². The number of nitrogens with one attached hydrogen (secondary N) is 1. The van der Waals surface area contributed by atoms with Gasteiger partial charge in [0.2, 0.25) is 0 Å². The van der Waals surface area contributed by atoms with Crippen molar-refractivity contribution in [3.8, 4) is 0 Å². The van der Waals surface area contributed by atoms with Crippen LogP contribution in [0.25, 0.3) is 0 Å². The van der Waals surface area contributed by atoms with Gasteiger partial charge in [-0.25, -0.2) is 9.78 Å². The van der Waals surface area contributed by atoms with Gasteiger partial charge in [-0.15, -0.1) is 0 Å². The van der Waals surface area contributed by atoms with Crippen LogP contribution in [-0.4, -0.2) is 73.3 Å². The van der Waals surface area contributed by atoms with E-state index in [0.717, 1.165) is 50.3 Å². The largest absolute Gasteiger partial charge is 0.348 e. The number of nitrogens with zero attached hydrogens (tertiary/aromatic N) is 5.